The van der Waals surface area contributed by atoms with Crippen molar-refractivity contribution in [3.05, 3.63) is 129 Å². The van der Waals surface area contributed by atoms with Crippen LogP contribution in [0.4, 0.5) is 0 Å². The molecule has 264 valence electrons. The Labute approximate surface area is 319 Å². The van der Waals surface area contributed by atoms with Crippen molar-refractivity contribution in [1.82, 2.24) is 0 Å². The number of carbonyl (C=O) groups is 2. The van der Waals surface area contributed by atoms with E-state index in [0.29, 0.717) is 5.56 Å². The van der Waals surface area contributed by atoms with Crippen LogP contribution in [0, 0.1) is 0 Å². The summed E-state index contributed by atoms with van der Waals surface area (Å²) in [6, 6.07) is 27.2. The van der Waals surface area contributed by atoms with Crippen LogP contribution < -0.4 is 10.2 Å². The van der Waals surface area contributed by atoms with E-state index in [4.69, 9.17) is 0 Å². The molecule has 0 amide bonds. The molecule has 0 spiro atoms. The van der Waals surface area contributed by atoms with Gasteiger partial charge in [0.1, 0.15) is 11.3 Å². The van der Waals surface area contributed by atoms with Gasteiger partial charge in [-0.2, -0.15) is 0 Å². The molecular formula is C44H50MgO6. The molecule has 2 N–H and O–H groups in total. The van der Waals surface area contributed by atoms with Gasteiger partial charge in [-0.05, 0) is 83.0 Å². The number of benzene rings is 4. The number of carboxylic acids is 2. The van der Waals surface area contributed by atoms with Crippen LogP contribution in [0.1, 0.15) is 158 Å². The summed E-state index contributed by atoms with van der Waals surface area (Å²) in [6.45, 7) is 8.33. The second-order valence-corrected chi connectivity index (χ2v) is 15.1. The number of carbonyl (C=O) groups excluding carboxylic acids is 1. The molecule has 6 rings (SSSR count). The number of rotatable bonds is 8. The van der Waals surface area contributed by atoms with E-state index in [-0.39, 0.29) is 68.3 Å². The first-order valence-corrected chi connectivity index (χ1v) is 18.1. The van der Waals surface area contributed by atoms with Crippen LogP contribution in [0.3, 0.4) is 0 Å². The van der Waals surface area contributed by atoms with Crippen molar-refractivity contribution in [3.8, 4) is 11.5 Å². The number of phenols is 1. The van der Waals surface area contributed by atoms with Crippen LogP contribution in [0.5, 0.6) is 11.5 Å². The van der Waals surface area contributed by atoms with E-state index in [1.54, 1.807) is 6.07 Å². The maximum atomic E-state index is 12.7. The molecule has 0 atom stereocenters. The molecule has 0 heterocycles. The summed E-state index contributed by atoms with van der Waals surface area (Å²) in [7, 11) is 0. The molecule has 2 saturated carbocycles. The Morgan fingerprint density at radius 1 is 0.608 bits per heavy atom. The van der Waals surface area contributed by atoms with Gasteiger partial charge in [0.15, 0.2) is 0 Å². The quantitative estimate of drug-likeness (QED) is 0.178. The van der Waals surface area contributed by atoms with Crippen molar-refractivity contribution in [3.63, 3.8) is 0 Å². The summed E-state index contributed by atoms with van der Waals surface area (Å²) in [6.07, 6.45) is 10.8. The van der Waals surface area contributed by atoms with Gasteiger partial charge < -0.3 is 25.2 Å². The van der Waals surface area contributed by atoms with Crippen LogP contribution in [0.2, 0.25) is 0 Å². The predicted molar refractivity (Wildman–Crippen MR) is 200 cm³/mol. The first-order chi connectivity index (χ1) is 23.8. The Morgan fingerprint density at radius 3 is 1.41 bits per heavy atom. The van der Waals surface area contributed by atoms with Gasteiger partial charge in [0, 0.05) is 10.8 Å². The molecule has 0 saturated heterocycles. The zero-order chi connectivity index (χ0) is 36.1. The molecule has 0 aromatic heterocycles. The predicted octanol–water partition coefficient (Wildman–Crippen LogP) is 8.58. The van der Waals surface area contributed by atoms with E-state index in [2.05, 4.69) is 39.8 Å². The fourth-order valence-electron chi connectivity index (χ4n) is 7.83. The van der Waals surface area contributed by atoms with Crippen molar-refractivity contribution in [1.29, 1.82) is 0 Å². The van der Waals surface area contributed by atoms with Gasteiger partial charge in [-0.15, -0.1) is 0 Å². The first-order valence-electron chi connectivity index (χ1n) is 18.1. The Hall–Kier alpha value is -3.81. The molecule has 4 aromatic rings. The normalized spacial score (nSPS) is 15.6. The monoisotopic (exact) mass is 698 g/mol. The summed E-state index contributed by atoms with van der Waals surface area (Å²) in [5, 5.41) is 44.4. The second-order valence-electron chi connectivity index (χ2n) is 15.1. The Bertz CT molecular complexity index is 1650. The smallest absolute Gasteiger partial charge is 0.872 e. The van der Waals surface area contributed by atoms with Gasteiger partial charge in [0.25, 0.3) is 0 Å². The summed E-state index contributed by atoms with van der Waals surface area (Å²) >= 11 is 0. The molecule has 0 aliphatic heterocycles. The number of carboxylic acid groups (broad SMARTS) is 2. The van der Waals surface area contributed by atoms with Crippen molar-refractivity contribution >= 4 is 35.0 Å². The maximum Gasteiger partial charge on any atom is 2.00 e. The summed E-state index contributed by atoms with van der Waals surface area (Å²) in [4.78, 5) is 23.3. The molecule has 0 unspecified atom stereocenters. The van der Waals surface area contributed by atoms with Crippen LogP contribution in [-0.2, 0) is 10.8 Å². The number of aromatic carboxylic acids is 2. The van der Waals surface area contributed by atoms with Crippen LogP contribution in [0.25, 0.3) is 0 Å². The SMILES string of the molecule is CC(C)(c1ccccc1)c1cc(C(=O)O)c(O)c(C2CCCCC2)c1.CC(C)(c1ccccc1)c1cc(C(=O)[O-])c([O-])c(C2CCCCC2)c1.[Mg+2]. The van der Waals surface area contributed by atoms with E-state index in [1.165, 1.54) is 18.9 Å². The topological polar surface area (TPSA) is 121 Å². The van der Waals surface area contributed by atoms with Crippen molar-refractivity contribution in [2.45, 2.75) is 115 Å². The fourth-order valence-corrected chi connectivity index (χ4v) is 7.83. The summed E-state index contributed by atoms with van der Waals surface area (Å²) in [5.41, 5.74) is 4.57. The van der Waals surface area contributed by atoms with E-state index >= 15 is 0 Å². The van der Waals surface area contributed by atoms with Crippen LogP contribution >= 0.6 is 0 Å². The number of aromatic hydroxyl groups is 1. The number of hydrogen-bond acceptors (Lipinski definition) is 5. The van der Waals surface area contributed by atoms with Crippen LogP contribution in [0.15, 0.2) is 84.9 Å². The molecule has 2 fully saturated rings. The van der Waals surface area contributed by atoms with E-state index < -0.39 is 11.9 Å². The zero-order valence-corrected chi connectivity index (χ0v) is 32.0. The van der Waals surface area contributed by atoms with Crippen LogP contribution in [-0.4, -0.2) is 45.2 Å². The first kappa shape index (κ1) is 40.0. The minimum atomic E-state index is -1.38. The van der Waals surface area contributed by atoms with E-state index in [1.807, 2.05) is 60.7 Å². The van der Waals surface area contributed by atoms with Crippen molar-refractivity contribution in [2.24, 2.45) is 0 Å². The third-order valence-electron chi connectivity index (χ3n) is 11.2. The summed E-state index contributed by atoms with van der Waals surface area (Å²) < 4.78 is 0. The van der Waals surface area contributed by atoms with Gasteiger partial charge in [0.2, 0.25) is 0 Å². The Morgan fingerprint density at radius 2 is 1.00 bits per heavy atom. The average Bonchev–Trinajstić information content (AvgIpc) is 3.13. The largest absolute Gasteiger partial charge is 2.00 e. The van der Waals surface area contributed by atoms with E-state index in [9.17, 15) is 30.0 Å². The van der Waals surface area contributed by atoms with Gasteiger partial charge >= 0.3 is 29.0 Å². The Kier molecular flexibility index (Phi) is 13.4. The van der Waals surface area contributed by atoms with Gasteiger partial charge in [-0.1, -0.05) is 150 Å². The molecular weight excluding hydrogens is 649 g/mol. The minimum absolute atomic E-state index is 0. The molecule has 2 aliphatic carbocycles. The van der Waals surface area contributed by atoms with Crippen molar-refractivity contribution in [2.75, 3.05) is 0 Å². The molecule has 7 heteroatoms. The zero-order valence-electron chi connectivity index (χ0n) is 30.5. The standard InChI is InChI=1S/2C22H26O3.Mg/c2*1-22(2,16-11-7-4-8-12-16)17-13-18(15-9-5-3-6-10-15)20(23)19(14-17)21(24)25;/h2*4,7-8,11-15,23H,3,5-6,9-10H2,1-2H3,(H,24,25);/q;;+2/p-2. The third-order valence-corrected chi connectivity index (χ3v) is 11.2. The minimum Gasteiger partial charge on any atom is -0.872 e. The maximum absolute atomic E-state index is 12.7. The Balaban J connectivity index is 0.000000224. The molecule has 51 heavy (non-hydrogen) atoms. The molecule has 0 bridgehead atoms. The second kappa shape index (κ2) is 17.1. The fraction of sp³-hybridized carbons (Fsp3) is 0.409. The van der Waals surface area contributed by atoms with Gasteiger partial charge in [-0.25, -0.2) is 4.79 Å². The number of hydrogen-bond donors (Lipinski definition) is 2. The van der Waals surface area contributed by atoms with Crippen molar-refractivity contribution < 1.29 is 30.0 Å². The average molecular weight is 699 g/mol. The molecule has 6 nitrogen and oxygen atoms in total. The molecule has 0 radical (unpaired) electrons. The van der Waals surface area contributed by atoms with Gasteiger partial charge in [-0.3, -0.25) is 0 Å². The summed E-state index contributed by atoms with van der Waals surface area (Å²) in [5.74, 6) is -2.45. The third kappa shape index (κ3) is 8.98. The molecule has 2 aliphatic rings. The molecule has 4 aromatic carbocycles. The van der Waals surface area contributed by atoms with E-state index in [0.717, 1.165) is 79.2 Å². The van der Waals surface area contributed by atoms with Gasteiger partial charge in [0.05, 0.1) is 5.97 Å².